The highest BCUT2D eigenvalue weighted by molar-refractivity contribution is 5.30. The molecule has 0 fully saturated rings. The summed E-state index contributed by atoms with van der Waals surface area (Å²) in [5.74, 6) is 1.44. The number of hydrogen-bond donors (Lipinski definition) is 1. The van der Waals surface area contributed by atoms with Crippen LogP contribution in [0.1, 0.15) is 52.0 Å². The van der Waals surface area contributed by atoms with E-state index in [9.17, 15) is 0 Å². The quantitative estimate of drug-likeness (QED) is 0.700. The molecule has 0 radical (unpaired) electrons. The van der Waals surface area contributed by atoms with E-state index in [1.807, 2.05) is 12.1 Å². The van der Waals surface area contributed by atoms with Gasteiger partial charge in [0.05, 0.1) is 19.8 Å². The van der Waals surface area contributed by atoms with Gasteiger partial charge in [0.15, 0.2) is 0 Å². The molecule has 0 saturated heterocycles. The van der Waals surface area contributed by atoms with Crippen molar-refractivity contribution in [2.75, 3.05) is 26.4 Å². The average molecular weight is 294 g/mol. The van der Waals surface area contributed by atoms with Crippen molar-refractivity contribution in [2.24, 2.45) is 5.41 Å². The van der Waals surface area contributed by atoms with Crippen molar-refractivity contribution in [3.8, 4) is 5.75 Å². The van der Waals surface area contributed by atoms with E-state index in [-0.39, 0.29) is 12.0 Å². The van der Waals surface area contributed by atoms with Gasteiger partial charge in [0.25, 0.3) is 0 Å². The van der Waals surface area contributed by atoms with Gasteiger partial charge in [-0.1, -0.05) is 46.2 Å². The minimum absolute atomic E-state index is 0.0559. The van der Waals surface area contributed by atoms with E-state index < -0.39 is 0 Å². The van der Waals surface area contributed by atoms with Crippen LogP contribution in [0.2, 0.25) is 0 Å². The lowest BCUT2D eigenvalue weighted by Crippen LogP contribution is -2.18. The molecule has 0 aliphatic carbocycles. The SMILES string of the molecule is CCCC(c1ccc(OCCOCCO)cc1)C(C)(C)C. The van der Waals surface area contributed by atoms with Crippen LogP contribution in [0.4, 0.5) is 0 Å². The van der Waals surface area contributed by atoms with Crippen molar-refractivity contribution < 1.29 is 14.6 Å². The van der Waals surface area contributed by atoms with Crippen LogP contribution in [0.5, 0.6) is 5.75 Å². The lowest BCUT2D eigenvalue weighted by atomic mass is 9.74. The van der Waals surface area contributed by atoms with Crippen LogP contribution < -0.4 is 4.74 Å². The summed E-state index contributed by atoms with van der Waals surface area (Å²) in [6, 6.07) is 8.43. The fourth-order valence-corrected chi connectivity index (χ4v) is 2.57. The van der Waals surface area contributed by atoms with Gasteiger partial charge in [0.1, 0.15) is 12.4 Å². The Labute approximate surface area is 129 Å². The maximum Gasteiger partial charge on any atom is 0.119 e. The Morgan fingerprint density at radius 2 is 1.71 bits per heavy atom. The molecule has 0 saturated carbocycles. The first-order valence-electron chi connectivity index (χ1n) is 7.90. The van der Waals surface area contributed by atoms with E-state index in [2.05, 4.69) is 39.8 Å². The summed E-state index contributed by atoms with van der Waals surface area (Å²) in [5.41, 5.74) is 1.66. The Morgan fingerprint density at radius 3 is 2.24 bits per heavy atom. The van der Waals surface area contributed by atoms with Crippen LogP contribution in [-0.4, -0.2) is 31.5 Å². The summed E-state index contributed by atoms with van der Waals surface area (Å²) in [6.45, 7) is 10.6. The van der Waals surface area contributed by atoms with Crippen LogP contribution in [0, 0.1) is 5.41 Å². The molecule has 120 valence electrons. The zero-order chi connectivity index (χ0) is 15.7. The van der Waals surface area contributed by atoms with Crippen molar-refractivity contribution in [2.45, 2.75) is 46.5 Å². The van der Waals surface area contributed by atoms with Crippen LogP contribution >= 0.6 is 0 Å². The number of aliphatic hydroxyl groups is 1. The Kier molecular flexibility index (Phi) is 7.76. The van der Waals surface area contributed by atoms with Crippen LogP contribution in [0.3, 0.4) is 0 Å². The fraction of sp³-hybridized carbons (Fsp3) is 0.667. The molecule has 0 aliphatic heterocycles. The summed E-state index contributed by atoms with van der Waals surface area (Å²) in [7, 11) is 0. The topological polar surface area (TPSA) is 38.7 Å². The van der Waals surface area contributed by atoms with Crippen LogP contribution in [0.15, 0.2) is 24.3 Å². The Bertz CT molecular complexity index is 378. The standard InChI is InChI=1S/C18H30O3/c1-5-6-17(18(2,3)4)15-7-9-16(10-8-15)21-14-13-20-12-11-19/h7-10,17,19H,5-6,11-14H2,1-4H3. The van der Waals surface area contributed by atoms with Crippen molar-refractivity contribution in [1.82, 2.24) is 0 Å². The van der Waals surface area contributed by atoms with Gasteiger partial charge in [-0.2, -0.15) is 0 Å². The fourth-order valence-electron chi connectivity index (χ4n) is 2.57. The highest BCUT2D eigenvalue weighted by Gasteiger charge is 2.25. The monoisotopic (exact) mass is 294 g/mol. The van der Waals surface area contributed by atoms with E-state index in [0.29, 0.717) is 25.7 Å². The van der Waals surface area contributed by atoms with Gasteiger partial charge in [0.2, 0.25) is 0 Å². The maximum atomic E-state index is 8.61. The van der Waals surface area contributed by atoms with E-state index in [0.717, 1.165) is 5.75 Å². The molecule has 1 N–H and O–H groups in total. The van der Waals surface area contributed by atoms with Gasteiger partial charge >= 0.3 is 0 Å². The van der Waals surface area contributed by atoms with Crippen molar-refractivity contribution >= 4 is 0 Å². The lowest BCUT2D eigenvalue weighted by Gasteiger charge is -2.31. The highest BCUT2D eigenvalue weighted by atomic mass is 16.5. The van der Waals surface area contributed by atoms with Crippen molar-refractivity contribution in [3.63, 3.8) is 0 Å². The summed E-state index contributed by atoms with van der Waals surface area (Å²) >= 11 is 0. The molecule has 0 aromatic heterocycles. The third kappa shape index (κ3) is 6.49. The van der Waals surface area contributed by atoms with Gasteiger partial charge < -0.3 is 14.6 Å². The maximum absolute atomic E-state index is 8.61. The molecule has 21 heavy (non-hydrogen) atoms. The second kappa shape index (κ2) is 9.06. The summed E-state index contributed by atoms with van der Waals surface area (Å²) in [5, 5.41) is 8.61. The number of hydrogen-bond acceptors (Lipinski definition) is 3. The minimum Gasteiger partial charge on any atom is -0.491 e. The van der Waals surface area contributed by atoms with Gasteiger partial charge in [-0.25, -0.2) is 0 Å². The Morgan fingerprint density at radius 1 is 1.05 bits per heavy atom. The summed E-state index contributed by atoms with van der Waals surface area (Å²) in [4.78, 5) is 0. The molecule has 1 rings (SSSR count). The molecule has 0 bridgehead atoms. The van der Waals surface area contributed by atoms with E-state index in [4.69, 9.17) is 14.6 Å². The highest BCUT2D eigenvalue weighted by Crippen LogP contribution is 2.38. The third-order valence-corrected chi connectivity index (χ3v) is 3.64. The molecule has 1 aromatic carbocycles. The number of aliphatic hydroxyl groups excluding tert-OH is 1. The smallest absolute Gasteiger partial charge is 0.119 e. The van der Waals surface area contributed by atoms with Gasteiger partial charge in [-0.3, -0.25) is 0 Å². The predicted molar refractivity (Wildman–Crippen MR) is 86.9 cm³/mol. The molecule has 1 aromatic rings. The predicted octanol–water partition coefficient (Wildman–Crippen LogP) is 4.00. The molecule has 1 atom stereocenters. The van der Waals surface area contributed by atoms with E-state index in [1.165, 1.54) is 18.4 Å². The minimum atomic E-state index is 0.0559. The molecular weight excluding hydrogens is 264 g/mol. The van der Waals surface area contributed by atoms with Crippen molar-refractivity contribution in [3.05, 3.63) is 29.8 Å². The number of benzene rings is 1. The Balaban J connectivity index is 2.55. The number of ether oxygens (including phenoxy) is 2. The first kappa shape index (κ1) is 18.0. The van der Waals surface area contributed by atoms with Gasteiger partial charge in [0, 0.05) is 0 Å². The number of rotatable bonds is 9. The molecular formula is C18H30O3. The zero-order valence-electron chi connectivity index (χ0n) is 13.9. The molecule has 3 heteroatoms. The van der Waals surface area contributed by atoms with E-state index in [1.54, 1.807) is 0 Å². The largest absolute Gasteiger partial charge is 0.491 e. The summed E-state index contributed by atoms with van der Waals surface area (Å²) < 4.78 is 10.8. The average Bonchev–Trinajstić information content (AvgIpc) is 2.44. The normalized spacial score (nSPS) is 13.2. The molecule has 0 heterocycles. The summed E-state index contributed by atoms with van der Waals surface area (Å²) in [6.07, 6.45) is 2.40. The first-order chi connectivity index (χ1) is 9.99. The second-order valence-electron chi connectivity index (χ2n) is 6.46. The lowest BCUT2D eigenvalue weighted by molar-refractivity contribution is 0.0705. The van der Waals surface area contributed by atoms with Gasteiger partial charge in [-0.15, -0.1) is 0 Å². The zero-order valence-corrected chi connectivity index (χ0v) is 13.9. The molecule has 0 aliphatic rings. The molecule has 3 nitrogen and oxygen atoms in total. The van der Waals surface area contributed by atoms with Crippen molar-refractivity contribution in [1.29, 1.82) is 0 Å². The Hall–Kier alpha value is -1.06. The van der Waals surface area contributed by atoms with Crippen LogP contribution in [-0.2, 0) is 4.74 Å². The van der Waals surface area contributed by atoms with E-state index >= 15 is 0 Å². The van der Waals surface area contributed by atoms with Gasteiger partial charge in [-0.05, 0) is 35.4 Å². The second-order valence-corrected chi connectivity index (χ2v) is 6.46. The molecule has 0 spiro atoms. The van der Waals surface area contributed by atoms with Crippen LogP contribution in [0.25, 0.3) is 0 Å². The molecule has 1 unspecified atom stereocenters. The first-order valence-corrected chi connectivity index (χ1v) is 7.90. The molecule has 0 amide bonds. The third-order valence-electron chi connectivity index (χ3n) is 3.64.